The first kappa shape index (κ1) is 10.6. The Bertz CT molecular complexity index is 383. The van der Waals surface area contributed by atoms with E-state index in [1.54, 1.807) is 0 Å². The lowest BCUT2D eigenvalue weighted by atomic mass is 10.1. The Kier molecular flexibility index (Phi) is 3.07. The second-order valence-corrected chi connectivity index (χ2v) is 4.43. The van der Waals surface area contributed by atoms with Gasteiger partial charge in [0.1, 0.15) is 11.6 Å². The van der Waals surface area contributed by atoms with E-state index in [4.69, 9.17) is 11.6 Å². The number of hydrogen-bond acceptors (Lipinski definition) is 3. The quantitative estimate of drug-likeness (QED) is 0.599. The number of alkyl halides is 1. The molecule has 0 bridgehead atoms. The number of rotatable bonds is 2. The van der Waals surface area contributed by atoms with E-state index in [-0.39, 0.29) is 5.38 Å². The molecular weight excluding hydrogens is 212 g/mol. The number of nitrogens with one attached hydrogen (secondary N) is 1. The van der Waals surface area contributed by atoms with Crippen LogP contribution in [-0.4, -0.2) is 33.2 Å². The molecule has 1 N–H and O–H groups in total. The van der Waals surface area contributed by atoms with Gasteiger partial charge in [-0.25, -0.2) is 0 Å². The fourth-order valence-electron chi connectivity index (χ4n) is 1.67. The lowest BCUT2D eigenvalue weighted by Crippen LogP contribution is -2.30. The summed E-state index contributed by atoms with van der Waals surface area (Å²) in [5.41, 5.74) is 1.29. The van der Waals surface area contributed by atoms with E-state index < -0.39 is 0 Å². The molecule has 4 nitrogen and oxygen atoms in total. The average Bonchev–Trinajstić information content (AvgIpc) is 2.50. The highest BCUT2D eigenvalue weighted by atomic mass is 35.5. The van der Waals surface area contributed by atoms with Crippen LogP contribution in [0.5, 0.6) is 0 Å². The van der Waals surface area contributed by atoms with E-state index in [1.807, 2.05) is 18.5 Å². The smallest absolute Gasteiger partial charge is 0.136 e. The molecule has 0 saturated carbocycles. The van der Waals surface area contributed by atoms with Gasteiger partial charge in [-0.3, -0.25) is 0 Å². The molecule has 2 heterocycles. The molecule has 1 aromatic heterocycles. The molecule has 0 saturated heterocycles. The van der Waals surface area contributed by atoms with Gasteiger partial charge in [-0.05, 0) is 6.92 Å². The van der Waals surface area contributed by atoms with E-state index >= 15 is 0 Å². The number of aryl methyl sites for hydroxylation is 1. The first-order chi connectivity index (χ1) is 7.16. The highest BCUT2D eigenvalue weighted by molar-refractivity contribution is 6.22. The first-order valence-corrected chi connectivity index (χ1v) is 5.49. The molecule has 0 radical (unpaired) electrons. The zero-order valence-electron chi connectivity index (χ0n) is 9.00. The zero-order chi connectivity index (χ0) is 10.8. The predicted molar refractivity (Wildman–Crippen MR) is 60.0 cm³/mol. The summed E-state index contributed by atoms with van der Waals surface area (Å²) in [5.74, 6) is 1.93. The van der Waals surface area contributed by atoms with Crippen molar-refractivity contribution in [3.05, 3.63) is 23.3 Å². The standard InChI is InChI=1S/C10H15ClN4/c1-7-13-14-10(15(7)2)4-8-3-9(11)6-12-5-8/h3,9,12H,4-6H2,1-2H3. The van der Waals surface area contributed by atoms with E-state index in [0.29, 0.717) is 0 Å². The first-order valence-electron chi connectivity index (χ1n) is 5.06. The molecule has 15 heavy (non-hydrogen) atoms. The van der Waals surface area contributed by atoms with E-state index in [2.05, 4.69) is 21.6 Å². The minimum Gasteiger partial charge on any atom is -0.318 e. The summed E-state index contributed by atoms with van der Waals surface area (Å²) in [7, 11) is 1.99. The monoisotopic (exact) mass is 226 g/mol. The Morgan fingerprint density at radius 1 is 1.60 bits per heavy atom. The van der Waals surface area contributed by atoms with Gasteiger partial charge >= 0.3 is 0 Å². The van der Waals surface area contributed by atoms with Gasteiger partial charge < -0.3 is 9.88 Å². The minimum absolute atomic E-state index is 0.100. The SMILES string of the molecule is Cc1nnc(CC2=CC(Cl)CNC2)n1C. The highest BCUT2D eigenvalue weighted by Crippen LogP contribution is 2.12. The summed E-state index contributed by atoms with van der Waals surface area (Å²) in [6, 6.07) is 0. The normalized spacial score (nSPS) is 21.5. The molecule has 1 atom stereocenters. The summed E-state index contributed by atoms with van der Waals surface area (Å²) in [6.45, 7) is 3.70. The Hall–Kier alpha value is -0.870. The largest absolute Gasteiger partial charge is 0.318 e. The van der Waals surface area contributed by atoms with Crippen LogP contribution in [0.3, 0.4) is 0 Å². The van der Waals surface area contributed by atoms with Gasteiger partial charge in [-0.1, -0.05) is 11.6 Å². The van der Waals surface area contributed by atoms with Crippen LogP contribution in [-0.2, 0) is 13.5 Å². The lowest BCUT2D eigenvalue weighted by Gasteiger charge is -2.17. The third-order valence-corrected chi connectivity index (χ3v) is 2.96. The van der Waals surface area contributed by atoms with Crippen molar-refractivity contribution < 1.29 is 0 Å². The topological polar surface area (TPSA) is 42.7 Å². The van der Waals surface area contributed by atoms with Gasteiger partial charge in [0.15, 0.2) is 0 Å². The van der Waals surface area contributed by atoms with Crippen LogP contribution in [0.15, 0.2) is 11.6 Å². The van der Waals surface area contributed by atoms with Crippen molar-refractivity contribution in [1.82, 2.24) is 20.1 Å². The fourth-order valence-corrected chi connectivity index (χ4v) is 1.96. The molecule has 5 heteroatoms. The molecule has 1 unspecified atom stereocenters. The molecule has 0 aliphatic carbocycles. The summed E-state index contributed by atoms with van der Waals surface area (Å²) in [4.78, 5) is 0. The Labute approximate surface area is 94.3 Å². The highest BCUT2D eigenvalue weighted by Gasteiger charge is 2.13. The predicted octanol–water partition coefficient (Wildman–Crippen LogP) is 0.803. The van der Waals surface area contributed by atoms with Gasteiger partial charge in [0.05, 0.1) is 5.38 Å². The minimum atomic E-state index is 0.100. The van der Waals surface area contributed by atoms with Gasteiger partial charge in [-0.2, -0.15) is 0 Å². The summed E-state index contributed by atoms with van der Waals surface area (Å²) in [5, 5.41) is 11.5. The van der Waals surface area contributed by atoms with Crippen molar-refractivity contribution in [3.8, 4) is 0 Å². The maximum Gasteiger partial charge on any atom is 0.136 e. The Morgan fingerprint density at radius 3 is 3.00 bits per heavy atom. The summed E-state index contributed by atoms with van der Waals surface area (Å²) >= 11 is 6.04. The van der Waals surface area contributed by atoms with E-state index in [1.165, 1.54) is 5.57 Å². The second-order valence-electron chi connectivity index (χ2n) is 3.87. The van der Waals surface area contributed by atoms with Crippen LogP contribution in [0.1, 0.15) is 11.6 Å². The summed E-state index contributed by atoms with van der Waals surface area (Å²) in [6.07, 6.45) is 2.94. The molecule has 0 spiro atoms. The molecule has 2 rings (SSSR count). The average molecular weight is 227 g/mol. The summed E-state index contributed by atoms with van der Waals surface area (Å²) < 4.78 is 2.01. The van der Waals surface area contributed by atoms with Crippen LogP contribution in [0.2, 0.25) is 0 Å². The van der Waals surface area contributed by atoms with Crippen molar-refractivity contribution >= 4 is 11.6 Å². The molecule has 0 aromatic carbocycles. The third kappa shape index (κ3) is 2.38. The van der Waals surface area contributed by atoms with Crippen molar-refractivity contribution in [2.24, 2.45) is 7.05 Å². The lowest BCUT2D eigenvalue weighted by molar-refractivity contribution is 0.680. The van der Waals surface area contributed by atoms with Crippen molar-refractivity contribution in [1.29, 1.82) is 0 Å². The molecule has 0 fully saturated rings. The van der Waals surface area contributed by atoms with Gasteiger partial charge in [0.2, 0.25) is 0 Å². The van der Waals surface area contributed by atoms with Gasteiger partial charge in [0.25, 0.3) is 0 Å². The van der Waals surface area contributed by atoms with Gasteiger partial charge in [0, 0.05) is 26.6 Å². The number of aromatic nitrogens is 3. The number of halogens is 1. The van der Waals surface area contributed by atoms with Gasteiger partial charge in [-0.15, -0.1) is 21.8 Å². The molecule has 82 valence electrons. The third-order valence-electron chi connectivity index (χ3n) is 2.68. The molecule has 1 aromatic rings. The maximum absolute atomic E-state index is 6.04. The van der Waals surface area contributed by atoms with E-state index in [9.17, 15) is 0 Å². The Balaban J connectivity index is 2.12. The second kappa shape index (κ2) is 4.33. The molecular formula is C10H15ClN4. The molecule has 1 aliphatic rings. The van der Waals surface area contributed by atoms with Crippen LogP contribution >= 0.6 is 11.6 Å². The van der Waals surface area contributed by atoms with Crippen LogP contribution in [0.25, 0.3) is 0 Å². The van der Waals surface area contributed by atoms with Crippen LogP contribution < -0.4 is 5.32 Å². The molecule has 1 aliphatic heterocycles. The fraction of sp³-hybridized carbons (Fsp3) is 0.600. The Morgan fingerprint density at radius 2 is 2.40 bits per heavy atom. The van der Waals surface area contributed by atoms with E-state index in [0.717, 1.165) is 31.2 Å². The van der Waals surface area contributed by atoms with Crippen LogP contribution in [0.4, 0.5) is 0 Å². The van der Waals surface area contributed by atoms with Crippen LogP contribution in [0, 0.1) is 6.92 Å². The number of nitrogens with zero attached hydrogens (tertiary/aromatic N) is 3. The van der Waals surface area contributed by atoms with Crippen molar-refractivity contribution in [2.45, 2.75) is 18.7 Å². The zero-order valence-corrected chi connectivity index (χ0v) is 9.75. The molecule has 0 amide bonds. The van der Waals surface area contributed by atoms with Crippen molar-refractivity contribution in [2.75, 3.05) is 13.1 Å². The maximum atomic E-state index is 6.04. The van der Waals surface area contributed by atoms with Crippen molar-refractivity contribution in [3.63, 3.8) is 0 Å². The number of hydrogen-bond donors (Lipinski definition) is 1.